The molecule has 1 aliphatic heterocycles. The van der Waals surface area contributed by atoms with E-state index in [1.807, 2.05) is 13.8 Å². The molecule has 1 aromatic carbocycles. The van der Waals surface area contributed by atoms with Gasteiger partial charge in [0.25, 0.3) is 0 Å². The molecule has 1 unspecified atom stereocenters. The number of benzene rings is 1. The molecule has 0 bridgehead atoms. The average molecular weight is 299 g/mol. The Morgan fingerprint density at radius 1 is 1.45 bits per heavy atom. The first-order valence-corrected chi connectivity index (χ1v) is 6.79. The van der Waals surface area contributed by atoms with Crippen LogP contribution < -0.4 is 5.32 Å². The van der Waals surface area contributed by atoms with E-state index in [1.165, 1.54) is 17.0 Å². The van der Waals surface area contributed by atoms with E-state index in [2.05, 4.69) is 5.32 Å². The van der Waals surface area contributed by atoms with Gasteiger partial charge in [-0.15, -0.1) is 0 Å². The highest BCUT2D eigenvalue weighted by molar-refractivity contribution is 6.31. The van der Waals surface area contributed by atoms with Crippen molar-refractivity contribution in [1.82, 2.24) is 10.2 Å². The molecule has 0 spiro atoms. The molecular weight excluding hydrogens is 283 g/mol. The smallest absolute Gasteiger partial charge is 0.246 e. The van der Waals surface area contributed by atoms with Crippen LogP contribution >= 0.6 is 11.6 Å². The topological polar surface area (TPSA) is 49.4 Å². The zero-order valence-electron chi connectivity index (χ0n) is 11.3. The highest BCUT2D eigenvalue weighted by Crippen LogP contribution is 2.22. The van der Waals surface area contributed by atoms with E-state index >= 15 is 0 Å². The fraction of sp³-hybridized carbons (Fsp3) is 0.429. The second kappa shape index (κ2) is 5.79. The first-order valence-electron chi connectivity index (χ1n) is 6.41. The van der Waals surface area contributed by atoms with Gasteiger partial charge in [0.2, 0.25) is 11.8 Å². The van der Waals surface area contributed by atoms with Crippen molar-refractivity contribution in [1.29, 1.82) is 0 Å². The van der Waals surface area contributed by atoms with E-state index in [0.29, 0.717) is 5.56 Å². The van der Waals surface area contributed by atoms with Crippen molar-refractivity contribution >= 4 is 23.4 Å². The van der Waals surface area contributed by atoms with Crippen LogP contribution in [0.15, 0.2) is 18.2 Å². The highest BCUT2D eigenvalue weighted by Gasteiger charge is 2.34. The van der Waals surface area contributed by atoms with E-state index in [4.69, 9.17) is 11.6 Å². The van der Waals surface area contributed by atoms with Gasteiger partial charge in [-0.2, -0.15) is 0 Å². The summed E-state index contributed by atoms with van der Waals surface area (Å²) in [4.78, 5) is 25.4. The standard InChI is InChI=1S/C14H16ClFN2O2/c1-8(2)13-14(20)18(7-11(19)17-13)6-9-4-3-5-10(16)12(9)15/h3-5,8,13H,6-7H2,1-2H3,(H,17,19). The van der Waals surface area contributed by atoms with Gasteiger partial charge in [-0.05, 0) is 17.5 Å². The number of rotatable bonds is 3. The second-order valence-corrected chi connectivity index (χ2v) is 5.57. The summed E-state index contributed by atoms with van der Waals surface area (Å²) in [6, 6.07) is 3.90. The maximum absolute atomic E-state index is 13.4. The van der Waals surface area contributed by atoms with E-state index in [9.17, 15) is 14.0 Å². The van der Waals surface area contributed by atoms with Gasteiger partial charge in [0, 0.05) is 6.54 Å². The van der Waals surface area contributed by atoms with Crippen molar-refractivity contribution in [2.75, 3.05) is 6.54 Å². The second-order valence-electron chi connectivity index (χ2n) is 5.20. The molecule has 1 heterocycles. The predicted octanol–water partition coefficient (Wildman–Crippen LogP) is 1.96. The lowest BCUT2D eigenvalue weighted by Gasteiger charge is -2.34. The molecule has 0 saturated carbocycles. The van der Waals surface area contributed by atoms with E-state index in [-0.39, 0.29) is 35.8 Å². The Kier molecular flexibility index (Phi) is 4.28. The van der Waals surface area contributed by atoms with Crippen LogP contribution in [-0.2, 0) is 16.1 Å². The summed E-state index contributed by atoms with van der Waals surface area (Å²) in [5.74, 6) is -0.911. The number of halogens is 2. The highest BCUT2D eigenvalue weighted by atomic mass is 35.5. The summed E-state index contributed by atoms with van der Waals surface area (Å²) >= 11 is 5.88. The third-order valence-corrected chi connectivity index (χ3v) is 3.71. The number of carbonyl (C=O) groups excluding carboxylic acids is 2. The lowest BCUT2D eigenvalue weighted by atomic mass is 10.0. The summed E-state index contributed by atoms with van der Waals surface area (Å²) in [7, 11) is 0. The van der Waals surface area contributed by atoms with Gasteiger partial charge in [-0.25, -0.2) is 4.39 Å². The monoisotopic (exact) mass is 298 g/mol. The summed E-state index contributed by atoms with van der Waals surface area (Å²) in [6.45, 7) is 3.82. The molecule has 1 fully saturated rings. The van der Waals surface area contributed by atoms with E-state index < -0.39 is 11.9 Å². The van der Waals surface area contributed by atoms with Crippen LogP contribution in [0.1, 0.15) is 19.4 Å². The Balaban J connectivity index is 2.21. The number of piperazine rings is 1. The average Bonchev–Trinajstić information content (AvgIpc) is 2.38. The van der Waals surface area contributed by atoms with Crippen molar-refractivity contribution in [2.45, 2.75) is 26.4 Å². The van der Waals surface area contributed by atoms with Crippen molar-refractivity contribution < 1.29 is 14.0 Å². The molecule has 4 nitrogen and oxygen atoms in total. The lowest BCUT2D eigenvalue weighted by Crippen LogP contribution is -2.59. The van der Waals surface area contributed by atoms with Gasteiger partial charge in [-0.3, -0.25) is 9.59 Å². The van der Waals surface area contributed by atoms with Crippen molar-refractivity contribution in [3.63, 3.8) is 0 Å². The number of carbonyl (C=O) groups is 2. The lowest BCUT2D eigenvalue weighted by molar-refractivity contribution is -0.146. The van der Waals surface area contributed by atoms with Gasteiger partial charge >= 0.3 is 0 Å². The SMILES string of the molecule is CC(C)C1NC(=O)CN(Cc2cccc(F)c2Cl)C1=O. The maximum Gasteiger partial charge on any atom is 0.246 e. The summed E-state index contributed by atoms with van der Waals surface area (Å²) in [5.41, 5.74) is 0.497. The molecule has 0 aliphatic carbocycles. The molecule has 2 amide bonds. The Morgan fingerprint density at radius 2 is 2.15 bits per heavy atom. The number of nitrogens with zero attached hydrogens (tertiary/aromatic N) is 1. The van der Waals surface area contributed by atoms with Gasteiger partial charge in [0.1, 0.15) is 11.9 Å². The summed E-state index contributed by atoms with van der Waals surface area (Å²) in [6.07, 6.45) is 0. The van der Waals surface area contributed by atoms with E-state index in [0.717, 1.165) is 0 Å². The summed E-state index contributed by atoms with van der Waals surface area (Å²) < 4.78 is 13.4. The summed E-state index contributed by atoms with van der Waals surface area (Å²) in [5, 5.41) is 2.66. The first kappa shape index (κ1) is 14.8. The molecule has 6 heteroatoms. The number of nitrogens with one attached hydrogen (secondary N) is 1. The molecule has 1 aromatic rings. The minimum Gasteiger partial charge on any atom is -0.343 e. The van der Waals surface area contributed by atoms with Crippen LogP contribution in [0.3, 0.4) is 0 Å². The van der Waals surface area contributed by atoms with Crippen LogP contribution in [0, 0.1) is 11.7 Å². The molecule has 1 aliphatic rings. The molecule has 20 heavy (non-hydrogen) atoms. The maximum atomic E-state index is 13.4. The Hall–Kier alpha value is -1.62. The molecule has 1 saturated heterocycles. The fourth-order valence-corrected chi connectivity index (χ4v) is 2.38. The normalized spacial score (nSPS) is 19.4. The molecule has 0 aromatic heterocycles. The van der Waals surface area contributed by atoms with Crippen molar-refractivity contribution in [2.24, 2.45) is 5.92 Å². The molecule has 0 radical (unpaired) electrons. The zero-order valence-corrected chi connectivity index (χ0v) is 12.1. The Labute approximate surface area is 121 Å². The minimum absolute atomic E-state index is 0.00256. The third-order valence-electron chi connectivity index (χ3n) is 3.29. The largest absolute Gasteiger partial charge is 0.343 e. The van der Waals surface area contributed by atoms with Gasteiger partial charge in [0.15, 0.2) is 0 Å². The molecule has 2 rings (SSSR count). The van der Waals surface area contributed by atoms with Crippen molar-refractivity contribution in [3.05, 3.63) is 34.6 Å². The molecule has 1 N–H and O–H groups in total. The third kappa shape index (κ3) is 2.93. The van der Waals surface area contributed by atoms with Crippen LogP contribution in [-0.4, -0.2) is 29.3 Å². The zero-order chi connectivity index (χ0) is 14.9. The quantitative estimate of drug-likeness (QED) is 0.927. The van der Waals surface area contributed by atoms with Crippen LogP contribution in [0.25, 0.3) is 0 Å². The van der Waals surface area contributed by atoms with Crippen LogP contribution in [0.2, 0.25) is 5.02 Å². The van der Waals surface area contributed by atoms with Gasteiger partial charge < -0.3 is 10.2 Å². The molecule has 1 atom stereocenters. The predicted molar refractivity (Wildman–Crippen MR) is 73.6 cm³/mol. The Morgan fingerprint density at radius 3 is 2.80 bits per heavy atom. The molecule has 108 valence electrons. The minimum atomic E-state index is -0.538. The van der Waals surface area contributed by atoms with Gasteiger partial charge in [-0.1, -0.05) is 37.6 Å². The van der Waals surface area contributed by atoms with Gasteiger partial charge in [0.05, 0.1) is 11.6 Å². The number of hydrogen-bond acceptors (Lipinski definition) is 2. The Bertz CT molecular complexity index is 548. The van der Waals surface area contributed by atoms with Crippen LogP contribution in [0.5, 0.6) is 0 Å². The fourth-order valence-electron chi connectivity index (χ4n) is 2.19. The van der Waals surface area contributed by atoms with E-state index in [1.54, 1.807) is 6.07 Å². The number of hydrogen-bond donors (Lipinski definition) is 1. The first-order chi connectivity index (χ1) is 9.40. The molecular formula is C14H16ClFN2O2. The van der Waals surface area contributed by atoms with Crippen molar-refractivity contribution in [3.8, 4) is 0 Å². The van der Waals surface area contributed by atoms with Crippen LogP contribution in [0.4, 0.5) is 4.39 Å². The number of amides is 2.